The number of fused-ring (bicyclic) bond motifs is 1. The third-order valence-electron chi connectivity index (χ3n) is 5.79. The fourth-order valence-electron chi connectivity index (χ4n) is 3.70. The van der Waals surface area contributed by atoms with Gasteiger partial charge >= 0.3 is 0 Å². The first-order chi connectivity index (χ1) is 16.3. The number of anilines is 2. The molecule has 0 spiro atoms. The number of carbonyl (C=O) groups excluding carboxylic acids is 3. The molecule has 0 aromatic heterocycles. The molecule has 0 fully saturated rings. The molecule has 0 saturated carbocycles. The van der Waals surface area contributed by atoms with Gasteiger partial charge in [0.25, 0.3) is 11.8 Å². The summed E-state index contributed by atoms with van der Waals surface area (Å²) in [6.45, 7) is 1.62. The van der Waals surface area contributed by atoms with Crippen molar-refractivity contribution in [2.75, 3.05) is 30.4 Å². The molecule has 0 saturated heterocycles. The molecule has 0 bridgehead atoms. The van der Waals surface area contributed by atoms with Gasteiger partial charge in [0.1, 0.15) is 12.3 Å². The molecule has 4 rings (SSSR count). The van der Waals surface area contributed by atoms with Crippen LogP contribution in [0.4, 0.5) is 11.4 Å². The molecule has 8 heteroatoms. The van der Waals surface area contributed by atoms with Crippen LogP contribution in [0.2, 0.25) is 5.02 Å². The highest BCUT2D eigenvalue weighted by Gasteiger charge is 2.29. The second kappa shape index (κ2) is 9.97. The lowest BCUT2D eigenvalue weighted by molar-refractivity contribution is -0.132. The van der Waals surface area contributed by atoms with Crippen molar-refractivity contribution in [2.24, 2.45) is 0 Å². The van der Waals surface area contributed by atoms with Crippen LogP contribution in [-0.4, -0.2) is 42.8 Å². The monoisotopic (exact) mass is 477 g/mol. The standard InChI is InChI=1S/C26H24ClN3O4/c1-17(19-9-6-10-21(13-19)28-26(33)18-7-4-3-5-8-18)29(2)24(31)15-30-22-14-20(27)11-12-23(22)34-16-25(30)32/h3-14,17H,15-16H2,1-2H3,(H,28,33). The fourth-order valence-corrected chi connectivity index (χ4v) is 3.87. The van der Waals surface area contributed by atoms with Gasteiger partial charge in [-0.3, -0.25) is 19.3 Å². The summed E-state index contributed by atoms with van der Waals surface area (Å²) in [4.78, 5) is 41.0. The molecule has 1 heterocycles. The minimum absolute atomic E-state index is 0.135. The van der Waals surface area contributed by atoms with Crippen molar-refractivity contribution in [1.82, 2.24) is 4.90 Å². The summed E-state index contributed by atoms with van der Waals surface area (Å²) in [5.41, 5.74) is 2.51. The highest BCUT2D eigenvalue weighted by atomic mass is 35.5. The van der Waals surface area contributed by atoms with E-state index in [1.165, 1.54) is 4.90 Å². The molecule has 3 amide bonds. The van der Waals surface area contributed by atoms with Crippen LogP contribution in [0.1, 0.15) is 28.9 Å². The van der Waals surface area contributed by atoms with Crippen molar-refractivity contribution in [3.05, 3.63) is 88.9 Å². The number of benzene rings is 3. The lowest BCUT2D eigenvalue weighted by Crippen LogP contribution is -2.46. The van der Waals surface area contributed by atoms with Crippen LogP contribution < -0.4 is 15.0 Å². The van der Waals surface area contributed by atoms with Crippen LogP contribution in [0.25, 0.3) is 0 Å². The maximum absolute atomic E-state index is 13.1. The Labute approximate surface area is 202 Å². The Morgan fingerprint density at radius 2 is 1.85 bits per heavy atom. The molecular weight excluding hydrogens is 454 g/mol. The second-order valence-electron chi connectivity index (χ2n) is 8.01. The van der Waals surface area contributed by atoms with Gasteiger partial charge in [-0.2, -0.15) is 0 Å². The van der Waals surface area contributed by atoms with Crippen LogP contribution in [0, 0.1) is 0 Å². The predicted octanol–water partition coefficient (Wildman–Crippen LogP) is 4.54. The van der Waals surface area contributed by atoms with Crippen molar-refractivity contribution in [3.63, 3.8) is 0 Å². The number of halogens is 1. The molecule has 1 aliphatic heterocycles. The number of amides is 3. The zero-order chi connectivity index (χ0) is 24.2. The van der Waals surface area contributed by atoms with Gasteiger partial charge in [0.2, 0.25) is 5.91 Å². The number of nitrogens with one attached hydrogen (secondary N) is 1. The van der Waals surface area contributed by atoms with Crippen LogP contribution in [-0.2, 0) is 9.59 Å². The molecule has 1 unspecified atom stereocenters. The Hall–Kier alpha value is -3.84. The average Bonchev–Trinajstić information content (AvgIpc) is 2.85. The van der Waals surface area contributed by atoms with E-state index in [-0.39, 0.29) is 36.9 Å². The smallest absolute Gasteiger partial charge is 0.265 e. The Balaban J connectivity index is 1.46. The van der Waals surface area contributed by atoms with Crippen molar-refractivity contribution in [2.45, 2.75) is 13.0 Å². The summed E-state index contributed by atoms with van der Waals surface area (Å²) in [5, 5.41) is 3.34. The SMILES string of the molecule is CC(c1cccc(NC(=O)c2ccccc2)c1)N(C)C(=O)CN1C(=O)COc2ccc(Cl)cc21. The molecule has 3 aromatic carbocycles. The van der Waals surface area contributed by atoms with E-state index in [0.717, 1.165) is 5.56 Å². The van der Waals surface area contributed by atoms with Gasteiger partial charge < -0.3 is 15.0 Å². The maximum Gasteiger partial charge on any atom is 0.265 e. The van der Waals surface area contributed by atoms with Gasteiger partial charge in [-0.25, -0.2) is 0 Å². The molecule has 0 aliphatic carbocycles. The van der Waals surface area contributed by atoms with Crippen LogP contribution in [0.15, 0.2) is 72.8 Å². The maximum atomic E-state index is 13.1. The molecule has 1 atom stereocenters. The lowest BCUT2D eigenvalue weighted by Gasteiger charge is -2.32. The Kier molecular flexibility index (Phi) is 6.84. The van der Waals surface area contributed by atoms with Crippen molar-refractivity contribution < 1.29 is 19.1 Å². The number of carbonyl (C=O) groups is 3. The highest BCUT2D eigenvalue weighted by Crippen LogP contribution is 2.34. The van der Waals surface area contributed by atoms with Gasteiger partial charge in [-0.1, -0.05) is 41.9 Å². The summed E-state index contributed by atoms with van der Waals surface area (Å²) in [6, 6.07) is 21.0. The molecule has 7 nitrogen and oxygen atoms in total. The van der Waals surface area contributed by atoms with E-state index < -0.39 is 0 Å². The van der Waals surface area contributed by atoms with E-state index in [1.807, 2.05) is 31.2 Å². The summed E-state index contributed by atoms with van der Waals surface area (Å²) in [6.07, 6.45) is 0. The van der Waals surface area contributed by atoms with Crippen LogP contribution >= 0.6 is 11.6 Å². The second-order valence-corrected chi connectivity index (χ2v) is 8.44. The minimum atomic E-state index is -0.310. The molecule has 34 heavy (non-hydrogen) atoms. The van der Waals surface area contributed by atoms with E-state index in [2.05, 4.69) is 5.32 Å². The van der Waals surface area contributed by atoms with Gasteiger partial charge in [0, 0.05) is 23.3 Å². The van der Waals surface area contributed by atoms with Crippen LogP contribution in [0.5, 0.6) is 5.75 Å². The fraction of sp³-hybridized carbons (Fsp3) is 0.192. The first-order valence-corrected chi connectivity index (χ1v) is 11.2. The first kappa shape index (κ1) is 23.3. The van der Waals surface area contributed by atoms with Crippen molar-refractivity contribution >= 4 is 40.7 Å². The number of ether oxygens (including phenoxy) is 1. The zero-order valence-electron chi connectivity index (χ0n) is 18.8. The minimum Gasteiger partial charge on any atom is -0.482 e. The van der Waals surface area contributed by atoms with E-state index >= 15 is 0 Å². The van der Waals surface area contributed by atoms with E-state index in [9.17, 15) is 14.4 Å². The van der Waals surface area contributed by atoms with Gasteiger partial charge in [-0.05, 0) is 55.0 Å². The quantitative estimate of drug-likeness (QED) is 0.565. The Morgan fingerprint density at radius 1 is 1.09 bits per heavy atom. The number of hydrogen-bond acceptors (Lipinski definition) is 4. The van der Waals surface area contributed by atoms with E-state index in [0.29, 0.717) is 27.7 Å². The topological polar surface area (TPSA) is 79.0 Å². The van der Waals surface area contributed by atoms with Gasteiger partial charge in [-0.15, -0.1) is 0 Å². The average molecular weight is 478 g/mol. The van der Waals surface area contributed by atoms with Crippen molar-refractivity contribution in [1.29, 1.82) is 0 Å². The Morgan fingerprint density at radius 3 is 2.62 bits per heavy atom. The van der Waals surface area contributed by atoms with E-state index in [4.69, 9.17) is 16.3 Å². The number of hydrogen-bond donors (Lipinski definition) is 1. The molecule has 3 aromatic rings. The molecule has 0 radical (unpaired) electrons. The van der Waals surface area contributed by atoms with Crippen LogP contribution in [0.3, 0.4) is 0 Å². The highest BCUT2D eigenvalue weighted by molar-refractivity contribution is 6.31. The first-order valence-electron chi connectivity index (χ1n) is 10.8. The molecule has 1 N–H and O–H groups in total. The normalized spacial score (nSPS) is 13.5. The summed E-state index contributed by atoms with van der Waals surface area (Å²) in [7, 11) is 1.69. The molecular formula is C26H24ClN3O4. The largest absolute Gasteiger partial charge is 0.482 e. The summed E-state index contributed by atoms with van der Waals surface area (Å²) in [5.74, 6) is -0.255. The Bertz CT molecular complexity index is 1230. The summed E-state index contributed by atoms with van der Waals surface area (Å²) < 4.78 is 5.45. The lowest BCUT2D eigenvalue weighted by atomic mass is 10.1. The molecule has 174 valence electrons. The zero-order valence-corrected chi connectivity index (χ0v) is 19.6. The van der Waals surface area contributed by atoms with Gasteiger partial charge in [0.15, 0.2) is 6.61 Å². The van der Waals surface area contributed by atoms with Gasteiger partial charge in [0.05, 0.1) is 11.7 Å². The predicted molar refractivity (Wildman–Crippen MR) is 131 cm³/mol. The molecule has 1 aliphatic rings. The number of likely N-dealkylation sites (N-methyl/N-ethyl adjacent to an activating group) is 1. The third-order valence-corrected chi connectivity index (χ3v) is 6.03. The number of rotatable bonds is 6. The third kappa shape index (κ3) is 5.05. The summed E-state index contributed by atoms with van der Waals surface area (Å²) >= 11 is 6.09. The number of nitrogens with zero attached hydrogens (tertiary/aromatic N) is 2. The van der Waals surface area contributed by atoms with Crippen molar-refractivity contribution in [3.8, 4) is 5.75 Å². The van der Waals surface area contributed by atoms with E-state index in [1.54, 1.807) is 60.5 Å².